The van der Waals surface area contributed by atoms with Crippen LogP contribution in [-0.2, 0) is 16.2 Å². The van der Waals surface area contributed by atoms with E-state index < -0.39 is 21.9 Å². The van der Waals surface area contributed by atoms with Crippen molar-refractivity contribution in [3.05, 3.63) is 84.8 Å². The molecule has 4 rings (SSSR count). The summed E-state index contributed by atoms with van der Waals surface area (Å²) in [5, 5.41) is 3.44. The number of hydrogen-bond donors (Lipinski definition) is 2. The second kappa shape index (κ2) is 7.38. The number of nitrogens with one attached hydrogen (secondary N) is 2. The van der Waals surface area contributed by atoms with Gasteiger partial charge in [-0.2, -0.15) is 31.2 Å². The number of nitrogens with zero attached hydrogens (tertiary/aromatic N) is 2. The number of hydrogen-bond acceptors (Lipinski definition) is 3. The van der Waals surface area contributed by atoms with E-state index >= 15 is 0 Å². The van der Waals surface area contributed by atoms with Gasteiger partial charge in [-0.3, -0.25) is 0 Å². The highest BCUT2D eigenvalue weighted by Crippen LogP contribution is 2.32. The fourth-order valence-electron chi connectivity index (χ4n) is 2.90. The van der Waals surface area contributed by atoms with Gasteiger partial charge in [0.25, 0.3) is 10.0 Å². The zero-order chi connectivity index (χ0) is 21.4. The van der Waals surface area contributed by atoms with Gasteiger partial charge < -0.3 is 4.98 Å². The first-order valence-corrected chi connectivity index (χ1v) is 10.2. The average molecular weight is 432 g/mol. The van der Waals surface area contributed by atoms with Crippen LogP contribution in [0, 0.1) is 0 Å². The lowest BCUT2D eigenvalue weighted by atomic mass is 10.1. The normalized spacial score (nSPS) is 12.1. The van der Waals surface area contributed by atoms with Crippen LogP contribution in [0.5, 0.6) is 0 Å². The van der Waals surface area contributed by atoms with Crippen molar-refractivity contribution >= 4 is 10.0 Å². The third-order valence-electron chi connectivity index (χ3n) is 4.37. The monoisotopic (exact) mass is 432 g/mol. The summed E-state index contributed by atoms with van der Waals surface area (Å²) in [5.41, 5.74) is 0.890. The molecule has 0 aliphatic heterocycles. The van der Waals surface area contributed by atoms with Gasteiger partial charge in [0, 0.05) is 18.0 Å². The highest BCUT2D eigenvalue weighted by molar-refractivity contribution is 7.92. The molecule has 0 saturated heterocycles. The maximum atomic E-state index is 13.2. The molecule has 2 aromatic heterocycles. The summed E-state index contributed by atoms with van der Waals surface area (Å²) < 4.78 is 64.9. The molecule has 0 radical (unpaired) electrons. The van der Waals surface area contributed by atoms with Gasteiger partial charge in [0.05, 0.1) is 10.6 Å². The van der Waals surface area contributed by atoms with Gasteiger partial charge in [-0.25, -0.2) is 0 Å². The molecule has 2 N–H and O–H groups in total. The molecule has 0 saturated carbocycles. The minimum atomic E-state index is -4.73. The van der Waals surface area contributed by atoms with Crippen molar-refractivity contribution in [3.8, 4) is 22.4 Å². The SMILES string of the molecule is O=S(=O)(Nn1nc(C(F)(F)F)cc1-c1ccc(-c2cc[nH]c2)cc1)c1ccccc1. The first-order chi connectivity index (χ1) is 14.2. The number of rotatable bonds is 5. The Morgan fingerprint density at radius 3 is 2.17 bits per heavy atom. The zero-order valence-electron chi connectivity index (χ0n) is 15.3. The maximum Gasteiger partial charge on any atom is 0.435 e. The fourth-order valence-corrected chi connectivity index (χ4v) is 3.89. The first kappa shape index (κ1) is 19.8. The Morgan fingerprint density at radius 1 is 0.900 bits per heavy atom. The summed E-state index contributed by atoms with van der Waals surface area (Å²) in [6, 6.07) is 16.7. The molecule has 0 fully saturated rings. The molecule has 0 atom stereocenters. The van der Waals surface area contributed by atoms with Gasteiger partial charge in [-0.1, -0.05) is 42.5 Å². The lowest BCUT2D eigenvalue weighted by Crippen LogP contribution is -2.25. The van der Waals surface area contributed by atoms with Crippen LogP contribution in [0.3, 0.4) is 0 Å². The van der Waals surface area contributed by atoms with Crippen LogP contribution in [0.15, 0.2) is 84.0 Å². The second-order valence-corrected chi connectivity index (χ2v) is 8.07. The van der Waals surface area contributed by atoms with Gasteiger partial charge in [0.1, 0.15) is 0 Å². The number of sulfonamides is 1. The highest BCUT2D eigenvalue weighted by atomic mass is 32.2. The van der Waals surface area contributed by atoms with E-state index in [9.17, 15) is 21.6 Å². The van der Waals surface area contributed by atoms with E-state index in [2.05, 4.69) is 14.9 Å². The maximum absolute atomic E-state index is 13.2. The predicted octanol–water partition coefficient (Wildman–Crippen LogP) is 4.50. The number of alkyl halides is 3. The molecule has 2 heterocycles. The number of aromatic nitrogens is 3. The topological polar surface area (TPSA) is 79.8 Å². The van der Waals surface area contributed by atoms with Crippen LogP contribution in [0.4, 0.5) is 13.2 Å². The molecule has 0 amide bonds. The molecule has 6 nitrogen and oxygen atoms in total. The number of benzene rings is 2. The largest absolute Gasteiger partial charge is 0.435 e. The molecule has 0 spiro atoms. The van der Waals surface area contributed by atoms with E-state index in [-0.39, 0.29) is 10.6 Å². The highest BCUT2D eigenvalue weighted by Gasteiger charge is 2.35. The average Bonchev–Trinajstić information content (AvgIpc) is 3.38. The van der Waals surface area contributed by atoms with Crippen molar-refractivity contribution in [1.29, 1.82) is 0 Å². The lowest BCUT2D eigenvalue weighted by Gasteiger charge is -2.11. The van der Waals surface area contributed by atoms with Crippen molar-refractivity contribution in [2.45, 2.75) is 11.1 Å². The lowest BCUT2D eigenvalue weighted by molar-refractivity contribution is -0.141. The van der Waals surface area contributed by atoms with E-state index in [1.165, 1.54) is 24.3 Å². The molecule has 30 heavy (non-hydrogen) atoms. The summed E-state index contributed by atoms with van der Waals surface area (Å²) >= 11 is 0. The van der Waals surface area contributed by atoms with Gasteiger partial charge in [0.2, 0.25) is 0 Å². The Labute approximate surface area is 170 Å². The molecule has 10 heteroatoms. The van der Waals surface area contributed by atoms with Gasteiger partial charge in [-0.15, -0.1) is 5.10 Å². The first-order valence-electron chi connectivity index (χ1n) is 8.73. The second-order valence-electron chi connectivity index (χ2n) is 6.41. The molecule has 0 bridgehead atoms. The Kier molecular flexibility index (Phi) is 4.86. The smallest absolute Gasteiger partial charge is 0.367 e. The summed E-state index contributed by atoms with van der Waals surface area (Å²) in [6.45, 7) is 0. The van der Waals surface area contributed by atoms with Crippen molar-refractivity contribution in [3.63, 3.8) is 0 Å². The van der Waals surface area contributed by atoms with Crippen molar-refractivity contribution in [2.24, 2.45) is 0 Å². The molecule has 154 valence electrons. The van der Waals surface area contributed by atoms with Crippen molar-refractivity contribution < 1.29 is 21.6 Å². The molecule has 0 aliphatic carbocycles. The molecular formula is C20H15F3N4O2S. The van der Waals surface area contributed by atoms with Crippen LogP contribution in [-0.4, -0.2) is 23.3 Å². The van der Waals surface area contributed by atoms with Crippen LogP contribution < -0.4 is 4.83 Å². The van der Waals surface area contributed by atoms with Crippen molar-refractivity contribution in [1.82, 2.24) is 14.9 Å². The Morgan fingerprint density at radius 2 is 1.57 bits per heavy atom. The number of halogens is 3. The van der Waals surface area contributed by atoms with Gasteiger partial charge >= 0.3 is 6.18 Å². The minimum Gasteiger partial charge on any atom is -0.367 e. The summed E-state index contributed by atoms with van der Waals surface area (Å²) in [6.07, 6.45) is -1.19. The van der Waals surface area contributed by atoms with Crippen LogP contribution in [0.25, 0.3) is 22.4 Å². The Balaban J connectivity index is 1.75. The van der Waals surface area contributed by atoms with Crippen LogP contribution >= 0.6 is 0 Å². The van der Waals surface area contributed by atoms with Crippen LogP contribution in [0.2, 0.25) is 0 Å². The van der Waals surface area contributed by atoms with E-state index in [1.807, 2.05) is 6.07 Å². The fraction of sp³-hybridized carbons (Fsp3) is 0.0500. The summed E-state index contributed by atoms with van der Waals surface area (Å²) in [7, 11) is -4.14. The Hall–Kier alpha value is -3.53. The molecular weight excluding hydrogens is 417 g/mol. The predicted molar refractivity (Wildman–Crippen MR) is 105 cm³/mol. The summed E-state index contributed by atoms with van der Waals surface area (Å²) in [5.74, 6) is 0. The number of H-pyrrole nitrogens is 1. The third kappa shape index (κ3) is 3.94. The van der Waals surface area contributed by atoms with E-state index in [4.69, 9.17) is 0 Å². The van der Waals surface area contributed by atoms with Gasteiger partial charge in [0.15, 0.2) is 5.69 Å². The number of aromatic amines is 1. The third-order valence-corrected chi connectivity index (χ3v) is 5.68. The molecule has 2 aromatic carbocycles. The molecule has 0 aliphatic rings. The standard InChI is InChI=1S/C20H15F3N4O2S/c21-20(22,23)19-12-18(15-8-6-14(7-9-15)16-10-11-24-13-16)27(25-19)26-30(28,29)17-4-2-1-3-5-17/h1-13,24,26H. The quantitative estimate of drug-likeness (QED) is 0.488. The molecule has 4 aromatic rings. The Bertz CT molecular complexity index is 1250. The molecule has 0 unspecified atom stereocenters. The van der Waals surface area contributed by atoms with Crippen molar-refractivity contribution in [2.75, 3.05) is 4.83 Å². The summed E-state index contributed by atoms with van der Waals surface area (Å²) in [4.78, 5) is 5.58. The van der Waals surface area contributed by atoms with E-state index in [0.717, 1.165) is 17.2 Å². The van der Waals surface area contributed by atoms with E-state index in [1.54, 1.807) is 42.7 Å². The van der Waals surface area contributed by atoms with E-state index in [0.29, 0.717) is 10.4 Å². The zero-order valence-corrected chi connectivity index (χ0v) is 16.1. The van der Waals surface area contributed by atoms with Gasteiger partial charge in [-0.05, 0) is 35.4 Å². The minimum absolute atomic E-state index is 0.0394. The van der Waals surface area contributed by atoms with Crippen LogP contribution in [0.1, 0.15) is 5.69 Å².